The van der Waals surface area contributed by atoms with E-state index < -0.39 is 18.0 Å². The summed E-state index contributed by atoms with van der Waals surface area (Å²) >= 11 is 3.73. The highest BCUT2D eigenvalue weighted by Gasteiger charge is 2.32. The lowest BCUT2D eigenvalue weighted by molar-refractivity contribution is -0.141. The molecule has 0 spiro atoms. The standard InChI is InChI=1S/C9H17NO2.C5H9NO3S/c10-7-9(6-8(11)12)4-2-1-3-5-9;1-3(7)6-4(2-10)5(8)9/h1-7,10H2,(H,11,12);4,10H,2H2,1H3,(H,6,7)(H,8,9). The van der Waals surface area contributed by atoms with Crippen LogP contribution in [-0.4, -0.2) is 46.4 Å². The van der Waals surface area contributed by atoms with Gasteiger partial charge in [0.25, 0.3) is 0 Å². The molecule has 1 aliphatic carbocycles. The number of aliphatic carboxylic acids is 2. The van der Waals surface area contributed by atoms with Gasteiger partial charge in [0.1, 0.15) is 6.04 Å². The molecule has 1 saturated carbocycles. The van der Waals surface area contributed by atoms with Gasteiger partial charge in [-0.05, 0) is 24.8 Å². The summed E-state index contributed by atoms with van der Waals surface area (Å²) in [5, 5.41) is 19.3. The minimum Gasteiger partial charge on any atom is -0.481 e. The van der Waals surface area contributed by atoms with E-state index >= 15 is 0 Å². The minimum atomic E-state index is -1.06. The monoisotopic (exact) mass is 334 g/mol. The second-order valence-electron chi connectivity index (χ2n) is 5.61. The Bertz CT molecular complexity index is 383. The first-order valence-electron chi connectivity index (χ1n) is 7.29. The van der Waals surface area contributed by atoms with E-state index in [0.29, 0.717) is 6.54 Å². The van der Waals surface area contributed by atoms with Crippen LogP contribution in [0.15, 0.2) is 0 Å². The maximum atomic E-state index is 10.6. The number of carboxylic acid groups (broad SMARTS) is 2. The van der Waals surface area contributed by atoms with Crippen molar-refractivity contribution in [2.75, 3.05) is 12.3 Å². The van der Waals surface area contributed by atoms with Gasteiger partial charge in [0.05, 0.1) is 6.42 Å². The van der Waals surface area contributed by atoms with Crippen molar-refractivity contribution < 1.29 is 24.6 Å². The van der Waals surface area contributed by atoms with E-state index in [1.807, 2.05) is 0 Å². The molecule has 0 aromatic rings. The van der Waals surface area contributed by atoms with Crippen LogP contribution in [0, 0.1) is 5.41 Å². The molecule has 0 radical (unpaired) electrons. The number of amides is 1. The Morgan fingerprint density at radius 2 is 1.77 bits per heavy atom. The fourth-order valence-electron chi connectivity index (χ4n) is 2.51. The number of hydrogen-bond acceptors (Lipinski definition) is 5. The van der Waals surface area contributed by atoms with Gasteiger partial charge < -0.3 is 21.3 Å². The molecule has 0 heterocycles. The molecule has 1 atom stereocenters. The molecular formula is C14H26N2O5S. The van der Waals surface area contributed by atoms with E-state index in [-0.39, 0.29) is 23.5 Å². The van der Waals surface area contributed by atoms with Gasteiger partial charge in [0.15, 0.2) is 0 Å². The van der Waals surface area contributed by atoms with Crippen LogP contribution in [0.5, 0.6) is 0 Å². The first-order valence-corrected chi connectivity index (χ1v) is 7.92. The maximum Gasteiger partial charge on any atom is 0.327 e. The van der Waals surface area contributed by atoms with Gasteiger partial charge in [-0.3, -0.25) is 9.59 Å². The van der Waals surface area contributed by atoms with Crippen LogP contribution in [0.4, 0.5) is 0 Å². The lowest BCUT2D eigenvalue weighted by Crippen LogP contribution is -2.40. The molecular weight excluding hydrogens is 308 g/mol. The molecule has 0 aliphatic heterocycles. The number of nitrogens with two attached hydrogens (primary N) is 1. The number of carbonyl (C=O) groups is 3. The SMILES string of the molecule is CC(=O)NC(CS)C(=O)O.NCC1(CC(=O)O)CCCCC1. The number of carbonyl (C=O) groups excluding carboxylic acids is 1. The van der Waals surface area contributed by atoms with E-state index in [4.69, 9.17) is 15.9 Å². The second kappa shape index (κ2) is 10.4. The highest BCUT2D eigenvalue weighted by molar-refractivity contribution is 7.80. The van der Waals surface area contributed by atoms with E-state index in [0.717, 1.165) is 25.7 Å². The van der Waals surface area contributed by atoms with Crippen LogP contribution in [0.2, 0.25) is 0 Å². The Labute approximate surface area is 136 Å². The largest absolute Gasteiger partial charge is 0.481 e. The first-order chi connectivity index (χ1) is 10.3. The van der Waals surface area contributed by atoms with Gasteiger partial charge in [0.2, 0.25) is 5.91 Å². The Morgan fingerprint density at radius 3 is 2.05 bits per heavy atom. The Kier molecular flexibility index (Phi) is 9.84. The number of rotatable bonds is 6. The minimum absolute atomic E-state index is 0.0793. The van der Waals surface area contributed by atoms with Gasteiger partial charge >= 0.3 is 11.9 Å². The molecule has 1 amide bonds. The zero-order valence-electron chi connectivity index (χ0n) is 12.9. The van der Waals surface area contributed by atoms with Crippen molar-refractivity contribution in [2.24, 2.45) is 11.1 Å². The summed E-state index contributed by atoms with van der Waals surface area (Å²) in [6, 6.07) is -0.874. The summed E-state index contributed by atoms with van der Waals surface area (Å²) in [5.41, 5.74) is 5.54. The number of thiol groups is 1. The second-order valence-corrected chi connectivity index (χ2v) is 5.97. The molecule has 5 N–H and O–H groups in total. The zero-order chi connectivity index (χ0) is 17.2. The molecule has 0 bridgehead atoms. The van der Waals surface area contributed by atoms with Crippen LogP contribution < -0.4 is 11.1 Å². The molecule has 1 fully saturated rings. The maximum absolute atomic E-state index is 10.6. The predicted octanol–water partition coefficient (Wildman–Crippen LogP) is 0.876. The van der Waals surface area contributed by atoms with Crippen LogP contribution in [0.25, 0.3) is 0 Å². The van der Waals surface area contributed by atoms with Gasteiger partial charge in [-0.1, -0.05) is 19.3 Å². The normalized spacial score (nSPS) is 17.6. The van der Waals surface area contributed by atoms with E-state index in [1.54, 1.807) is 0 Å². The Hall–Kier alpha value is -1.28. The van der Waals surface area contributed by atoms with Crippen molar-refractivity contribution in [3.05, 3.63) is 0 Å². The van der Waals surface area contributed by atoms with E-state index in [1.165, 1.54) is 13.3 Å². The molecule has 0 saturated heterocycles. The van der Waals surface area contributed by atoms with Gasteiger partial charge in [-0.25, -0.2) is 4.79 Å². The average molecular weight is 334 g/mol. The Morgan fingerprint density at radius 1 is 1.23 bits per heavy atom. The smallest absolute Gasteiger partial charge is 0.327 e. The molecule has 7 nitrogen and oxygen atoms in total. The van der Waals surface area contributed by atoms with Crippen molar-refractivity contribution in [2.45, 2.75) is 51.5 Å². The molecule has 1 aliphatic rings. The summed E-state index contributed by atoms with van der Waals surface area (Å²) in [6.45, 7) is 1.79. The van der Waals surface area contributed by atoms with Crippen molar-refractivity contribution in [1.29, 1.82) is 0 Å². The van der Waals surface area contributed by atoms with Crippen LogP contribution in [0.3, 0.4) is 0 Å². The van der Waals surface area contributed by atoms with Crippen molar-refractivity contribution in [3.63, 3.8) is 0 Å². The summed E-state index contributed by atoms with van der Waals surface area (Å²) in [7, 11) is 0. The molecule has 0 aromatic heterocycles. The quantitative estimate of drug-likeness (QED) is 0.458. The third-order valence-electron chi connectivity index (χ3n) is 3.73. The van der Waals surface area contributed by atoms with Gasteiger partial charge in [-0.15, -0.1) is 0 Å². The Balaban J connectivity index is 0.000000409. The number of nitrogens with one attached hydrogen (secondary N) is 1. The lowest BCUT2D eigenvalue weighted by Gasteiger charge is -2.34. The number of carboxylic acids is 2. The third kappa shape index (κ3) is 8.23. The fourth-order valence-corrected chi connectivity index (χ4v) is 2.75. The topological polar surface area (TPSA) is 130 Å². The van der Waals surface area contributed by atoms with Crippen molar-refractivity contribution in [1.82, 2.24) is 5.32 Å². The van der Waals surface area contributed by atoms with Gasteiger partial charge in [0, 0.05) is 12.7 Å². The van der Waals surface area contributed by atoms with Crippen LogP contribution >= 0.6 is 12.6 Å². The summed E-state index contributed by atoms with van der Waals surface area (Å²) in [5.74, 6) is -2.02. The molecule has 8 heteroatoms. The average Bonchev–Trinajstić information content (AvgIpc) is 2.45. The fraction of sp³-hybridized carbons (Fsp3) is 0.786. The van der Waals surface area contributed by atoms with Crippen LogP contribution in [0.1, 0.15) is 45.4 Å². The highest BCUT2D eigenvalue weighted by atomic mass is 32.1. The van der Waals surface area contributed by atoms with Crippen molar-refractivity contribution >= 4 is 30.5 Å². The zero-order valence-corrected chi connectivity index (χ0v) is 13.8. The highest BCUT2D eigenvalue weighted by Crippen LogP contribution is 2.38. The molecule has 1 unspecified atom stereocenters. The molecule has 1 rings (SSSR count). The molecule has 128 valence electrons. The van der Waals surface area contributed by atoms with Crippen LogP contribution in [-0.2, 0) is 14.4 Å². The summed E-state index contributed by atoms with van der Waals surface area (Å²) in [6.07, 6.45) is 5.77. The summed E-state index contributed by atoms with van der Waals surface area (Å²) < 4.78 is 0. The van der Waals surface area contributed by atoms with E-state index in [2.05, 4.69) is 17.9 Å². The summed E-state index contributed by atoms with van der Waals surface area (Å²) in [4.78, 5) is 31.1. The lowest BCUT2D eigenvalue weighted by atomic mass is 9.72. The third-order valence-corrected chi connectivity index (χ3v) is 4.10. The van der Waals surface area contributed by atoms with Crippen molar-refractivity contribution in [3.8, 4) is 0 Å². The predicted molar refractivity (Wildman–Crippen MR) is 85.9 cm³/mol. The number of hydrogen-bond donors (Lipinski definition) is 5. The molecule has 22 heavy (non-hydrogen) atoms. The first kappa shape index (κ1) is 20.7. The van der Waals surface area contributed by atoms with Gasteiger partial charge in [-0.2, -0.15) is 12.6 Å². The molecule has 0 aromatic carbocycles. The van der Waals surface area contributed by atoms with E-state index in [9.17, 15) is 14.4 Å².